The molecule has 0 atom stereocenters. The average molecular weight is 290 g/mol. The molecule has 0 saturated heterocycles. The van der Waals surface area contributed by atoms with E-state index in [1.165, 1.54) is 12.5 Å². The van der Waals surface area contributed by atoms with Crippen LogP contribution in [0.3, 0.4) is 0 Å². The van der Waals surface area contributed by atoms with Crippen LogP contribution in [0.4, 0.5) is 4.39 Å². The van der Waals surface area contributed by atoms with Crippen LogP contribution in [0.15, 0.2) is 29.0 Å². The standard InChI is InChI=1S/C8H4FIN2O/c9-7-2-1-5(10)3-6(7)8-12-11-4-13-8/h1-4H. The first-order chi connectivity index (χ1) is 6.27. The van der Waals surface area contributed by atoms with E-state index < -0.39 is 0 Å². The van der Waals surface area contributed by atoms with Crippen LogP contribution in [0.2, 0.25) is 0 Å². The Morgan fingerprint density at radius 2 is 2.23 bits per heavy atom. The molecule has 0 amide bonds. The zero-order valence-corrected chi connectivity index (χ0v) is 8.53. The first kappa shape index (κ1) is 8.61. The minimum Gasteiger partial charge on any atom is -0.423 e. The molecule has 0 spiro atoms. The topological polar surface area (TPSA) is 38.9 Å². The third kappa shape index (κ3) is 1.69. The molecule has 2 aromatic rings. The maximum absolute atomic E-state index is 13.2. The number of hydrogen-bond donors (Lipinski definition) is 0. The smallest absolute Gasteiger partial charge is 0.250 e. The number of nitrogens with zero attached hydrogens (tertiary/aromatic N) is 2. The molecule has 0 fully saturated rings. The monoisotopic (exact) mass is 290 g/mol. The van der Waals surface area contributed by atoms with Gasteiger partial charge in [-0.15, -0.1) is 10.2 Å². The van der Waals surface area contributed by atoms with Crippen molar-refractivity contribution in [3.8, 4) is 11.5 Å². The van der Waals surface area contributed by atoms with Gasteiger partial charge in [0, 0.05) is 3.57 Å². The summed E-state index contributed by atoms with van der Waals surface area (Å²) < 4.78 is 19.0. The van der Waals surface area contributed by atoms with Crippen molar-refractivity contribution < 1.29 is 8.81 Å². The van der Waals surface area contributed by atoms with Crippen molar-refractivity contribution in [3.63, 3.8) is 0 Å². The number of benzene rings is 1. The predicted molar refractivity (Wildman–Crippen MR) is 52.4 cm³/mol. The largest absolute Gasteiger partial charge is 0.423 e. The number of rotatable bonds is 1. The predicted octanol–water partition coefficient (Wildman–Crippen LogP) is 2.48. The van der Waals surface area contributed by atoms with Crippen molar-refractivity contribution in [1.82, 2.24) is 10.2 Å². The molecule has 13 heavy (non-hydrogen) atoms. The SMILES string of the molecule is Fc1ccc(I)cc1-c1nnco1. The Hall–Kier alpha value is -0.980. The van der Waals surface area contributed by atoms with E-state index in [0.717, 1.165) is 3.57 Å². The summed E-state index contributed by atoms with van der Waals surface area (Å²) in [6.07, 6.45) is 1.18. The Morgan fingerprint density at radius 1 is 1.38 bits per heavy atom. The summed E-state index contributed by atoms with van der Waals surface area (Å²) in [5.41, 5.74) is 0.337. The highest BCUT2D eigenvalue weighted by atomic mass is 127. The van der Waals surface area contributed by atoms with Crippen molar-refractivity contribution in [2.24, 2.45) is 0 Å². The second-order valence-corrected chi connectivity index (χ2v) is 3.61. The molecule has 1 aromatic carbocycles. The minimum atomic E-state index is -0.357. The maximum atomic E-state index is 13.2. The first-order valence-corrected chi connectivity index (χ1v) is 4.57. The molecule has 0 radical (unpaired) electrons. The quantitative estimate of drug-likeness (QED) is 0.757. The highest BCUT2D eigenvalue weighted by molar-refractivity contribution is 14.1. The van der Waals surface area contributed by atoms with Gasteiger partial charge in [0.2, 0.25) is 12.3 Å². The van der Waals surface area contributed by atoms with Crippen LogP contribution < -0.4 is 0 Å². The lowest BCUT2D eigenvalue weighted by atomic mass is 10.2. The molecule has 66 valence electrons. The normalized spacial score (nSPS) is 10.3. The Kier molecular flexibility index (Phi) is 2.26. The number of aromatic nitrogens is 2. The maximum Gasteiger partial charge on any atom is 0.250 e. The van der Waals surface area contributed by atoms with Crippen LogP contribution in [0.1, 0.15) is 0 Å². The van der Waals surface area contributed by atoms with Crippen molar-refractivity contribution in [1.29, 1.82) is 0 Å². The third-order valence-electron chi connectivity index (χ3n) is 1.52. The van der Waals surface area contributed by atoms with Gasteiger partial charge in [-0.3, -0.25) is 0 Å². The molecule has 0 aliphatic heterocycles. The van der Waals surface area contributed by atoms with Crippen molar-refractivity contribution in [3.05, 3.63) is 34.0 Å². The van der Waals surface area contributed by atoms with Gasteiger partial charge in [0.05, 0.1) is 5.56 Å². The Morgan fingerprint density at radius 3 is 2.92 bits per heavy atom. The summed E-state index contributed by atoms with van der Waals surface area (Å²) in [5, 5.41) is 7.11. The summed E-state index contributed by atoms with van der Waals surface area (Å²) in [6.45, 7) is 0. The fourth-order valence-corrected chi connectivity index (χ4v) is 1.44. The number of halogens is 2. The lowest BCUT2D eigenvalue weighted by molar-refractivity contribution is 0.557. The molecule has 3 nitrogen and oxygen atoms in total. The molecule has 1 heterocycles. The Balaban J connectivity index is 2.57. The van der Waals surface area contributed by atoms with E-state index in [0.29, 0.717) is 5.56 Å². The van der Waals surface area contributed by atoms with E-state index in [4.69, 9.17) is 4.42 Å². The lowest BCUT2D eigenvalue weighted by Crippen LogP contribution is -1.85. The zero-order valence-electron chi connectivity index (χ0n) is 6.37. The molecule has 0 aliphatic rings. The second-order valence-electron chi connectivity index (χ2n) is 2.37. The van der Waals surface area contributed by atoms with E-state index >= 15 is 0 Å². The summed E-state index contributed by atoms with van der Waals surface area (Å²) in [5.74, 6) is -0.152. The van der Waals surface area contributed by atoms with Gasteiger partial charge in [-0.25, -0.2) is 4.39 Å². The summed E-state index contributed by atoms with van der Waals surface area (Å²) in [7, 11) is 0. The van der Waals surface area contributed by atoms with Gasteiger partial charge in [-0.1, -0.05) is 0 Å². The van der Waals surface area contributed by atoms with Crippen LogP contribution in [0, 0.1) is 9.39 Å². The molecule has 0 N–H and O–H groups in total. The van der Waals surface area contributed by atoms with Gasteiger partial charge < -0.3 is 4.42 Å². The molecule has 2 rings (SSSR count). The molecular weight excluding hydrogens is 286 g/mol. The van der Waals surface area contributed by atoms with Crippen molar-refractivity contribution in [2.45, 2.75) is 0 Å². The van der Waals surface area contributed by atoms with Gasteiger partial charge in [0.25, 0.3) is 0 Å². The molecule has 0 unspecified atom stereocenters. The minimum absolute atomic E-state index is 0.205. The molecule has 0 saturated carbocycles. The van der Waals surface area contributed by atoms with Gasteiger partial charge in [0.15, 0.2) is 0 Å². The van der Waals surface area contributed by atoms with Crippen molar-refractivity contribution >= 4 is 22.6 Å². The van der Waals surface area contributed by atoms with Crippen LogP contribution in [0.5, 0.6) is 0 Å². The van der Waals surface area contributed by atoms with Crippen LogP contribution in [0.25, 0.3) is 11.5 Å². The molecule has 5 heteroatoms. The van der Waals surface area contributed by atoms with Gasteiger partial charge >= 0.3 is 0 Å². The Labute approximate surface area is 87.1 Å². The fourth-order valence-electron chi connectivity index (χ4n) is 0.952. The van der Waals surface area contributed by atoms with E-state index in [9.17, 15) is 4.39 Å². The molecule has 0 bridgehead atoms. The first-order valence-electron chi connectivity index (χ1n) is 3.49. The van der Waals surface area contributed by atoms with Gasteiger partial charge in [-0.05, 0) is 40.8 Å². The second kappa shape index (κ2) is 3.41. The lowest BCUT2D eigenvalue weighted by Gasteiger charge is -1.97. The fraction of sp³-hybridized carbons (Fsp3) is 0. The summed E-state index contributed by atoms with van der Waals surface area (Å²) >= 11 is 2.09. The zero-order chi connectivity index (χ0) is 9.26. The highest BCUT2D eigenvalue weighted by Crippen LogP contribution is 2.22. The highest BCUT2D eigenvalue weighted by Gasteiger charge is 2.09. The summed E-state index contributed by atoms with van der Waals surface area (Å²) in [6, 6.07) is 4.71. The van der Waals surface area contributed by atoms with Crippen LogP contribution >= 0.6 is 22.6 Å². The number of hydrogen-bond acceptors (Lipinski definition) is 3. The van der Waals surface area contributed by atoms with Gasteiger partial charge in [0.1, 0.15) is 5.82 Å². The molecule has 1 aromatic heterocycles. The van der Waals surface area contributed by atoms with Gasteiger partial charge in [-0.2, -0.15) is 0 Å². The van der Waals surface area contributed by atoms with E-state index in [2.05, 4.69) is 32.8 Å². The Bertz CT molecular complexity index is 416. The molecular formula is C8H4FIN2O. The van der Waals surface area contributed by atoms with E-state index in [1.54, 1.807) is 12.1 Å². The van der Waals surface area contributed by atoms with Crippen LogP contribution in [-0.4, -0.2) is 10.2 Å². The molecule has 0 aliphatic carbocycles. The van der Waals surface area contributed by atoms with E-state index in [1.807, 2.05) is 0 Å². The van der Waals surface area contributed by atoms with E-state index in [-0.39, 0.29) is 11.7 Å². The van der Waals surface area contributed by atoms with Crippen molar-refractivity contribution in [2.75, 3.05) is 0 Å². The third-order valence-corrected chi connectivity index (χ3v) is 2.19. The average Bonchev–Trinajstić information content (AvgIpc) is 2.61. The summed E-state index contributed by atoms with van der Waals surface area (Å²) in [4.78, 5) is 0. The van der Waals surface area contributed by atoms with Crippen LogP contribution in [-0.2, 0) is 0 Å².